The van der Waals surface area contributed by atoms with E-state index in [1.165, 1.54) is 35.1 Å². The Bertz CT molecular complexity index is 739. The summed E-state index contributed by atoms with van der Waals surface area (Å²) in [4.78, 5) is 14.3. The zero-order valence-corrected chi connectivity index (χ0v) is 15.2. The molecule has 0 radical (unpaired) electrons. The van der Waals surface area contributed by atoms with Gasteiger partial charge in [0.15, 0.2) is 0 Å². The summed E-state index contributed by atoms with van der Waals surface area (Å²) in [6, 6.07) is 0.467. The molecular weight excluding hydrogens is 306 g/mol. The summed E-state index contributed by atoms with van der Waals surface area (Å²) in [7, 11) is 2.19. The first-order valence-electron chi connectivity index (χ1n) is 8.63. The van der Waals surface area contributed by atoms with Gasteiger partial charge in [-0.3, -0.25) is 0 Å². The number of hydrogen-bond donors (Lipinski definition) is 0. The van der Waals surface area contributed by atoms with E-state index in [0.717, 1.165) is 23.7 Å². The Labute approximate surface area is 141 Å². The van der Waals surface area contributed by atoms with Gasteiger partial charge in [-0.1, -0.05) is 13.8 Å². The molecule has 2 atom stereocenters. The van der Waals surface area contributed by atoms with E-state index >= 15 is 0 Å². The fourth-order valence-electron chi connectivity index (χ4n) is 4.33. The first-order valence-corrected chi connectivity index (χ1v) is 9.45. The van der Waals surface area contributed by atoms with Gasteiger partial charge in [0.05, 0.1) is 11.5 Å². The molecule has 1 fully saturated rings. The number of anilines is 1. The SMILES string of the molecule is CCO[C@@H]1C[C@@H](N(C)c2ncnc3sc4c(c23)CCC4)C1(C)C. The van der Waals surface area contributed by atoms with Crippen molar-refractivity contribution in [1.29, 1.82) is 0 Å². The van der Waals surface area contributed by atoms with Gasteiger partial charge >= 0.3 is 0 Å². The Morgan fingerprint density at radius 1 is 1.35 bits per heavy atom. The van der Waals surface area contributed by atoms with E-state index in [1.54, 1.807) is 6.33 Å². The molecule has 0 saturated heterocycles. The van der Waals surface area contributed by atoms with Crippen LogP contribution in [0.2, 0.25) is 0 Å². The molecule has 0 spiro atoms. The predicted molar refractivity (Wildman–Crippen MR) is 95.4 cm³/mol. The molecule has 0 aromatic carbocycles. The van der Waals surface area contributed by atoms with E-state index in [4.69, 9.17) is 4.74 Å². The minimum atomic E-state index is 0.154. The summed E-state index contributed by atoms with van der Waals surface area (Å²) < 4.78 is 5.90. The summed E-state index contributed by atoms with van der Waals surface area (Å²) in [5.74, 6) is 1.11. The Hall–Kier alpha value is -1.20. The molecule has 4 rings (SSSR count). The summed E-state index contributed by atoms with van der Waals surface area (Å²) in [6.07, 6.45) is 6.82. The molecule has 5 heteroatoms. The molecule has 1 saturated carbocycles. The second-order valence-electron chi connectivity index (χ2n) is 7.36. The Morgan fingerprint density at radius 3 is 2.91 bits per heavy atom. The highest BCUT2D eigenvalue weighted by molar-refractivity contribution is 7.19. The normalized spacial score (nSPS) is 25.4. The highest BCUT2D eigenvalue weighted by atomic mass is 32.1. The van der Waals surface area contributed by atoms with Crippen molar-refractivity contribution in [3.63, 3.8) is 0 Å². The maximum absolute atomic E-state index is 5.90. The van der Waals surface area contributed by atoms with Gasteiger partial charge in [0.25, 0.3) is 0 Å². The predicted octanol–water partition coefficient (Wildman–Crippen LogP) is 3.82. The zero-order valence-electron chi connectivity index (χ0n) is 14.4. The molecule has 0 unspecified atom stereocenters. The number of aryl methyl sites for hydroxylation is 2. The molecule has 0 amide bonds. The van der Waals surface area contributed by atoms with Crippen LogP contribution in [0.15, 0.2) is 6.33 Å². The molecule has 0 N–H and O–H groups in total. The van der Waals surface area contributed by atoms with Crippen molar-refractivity contribution in [2.75, 3.05) is 18.6 Å². The minimum absolute atomic E-state index is 0.154. The van der Waals surface area contributed by atoms with Crippen LogP contribution in [-0.4, -0.2) is 35.8 Å². The maximum Gasteiger partial charge on any atom is 0.141 e. The van der Waals surface area contributed by atoms with Crippen molar-refractivity contribution in [2.24, 2.45) is 5.41 Å². The number of thiophene rings is 1. The van der Waals surface area contributed by atoms with Gasteiger partial charge < -0.3 is 9.64 Å². The zero-order chi connectivity index (χ0) is 16.2. The van der Waals surface area contributed by atoms with Crippen LogP contribution in [0.5, 0.6) is 0 Å². The molecule has 0 aliphatic heterocycles. The van der Waals surface area contributed by atoms with Gasteiger partial charge in [0.2, 0.25) is 0 Å². The minimum Gasteiger partial charge on any atom is -0.378 e. The lowest BCUT2D eigenvalue weighted by molar-refractivity contribution is -0.104. The van der Waals surface area contributed by atoms with Crippen molar-refractivity contribution >= 4 is 27.4 Å². The van der Waals surface area contributed by atoms with Crippen molar-refractivity contribution in [3.8, 4) is 0 Å². The van der Waals surface area contributed by atoms with Crippen molar-refractivity contribution < 1.29 is 4.74 Å². The van der Waals surface area contributed by atoms with Gasteiger partial charge in [0.1, 0.15) is 17.0 Å². The van der Waals surface area contributed by atoms with Crippen LogP contribution >= 0.6 is 11.3 Å². The number of fused-ring (bicyclic) bond motifs is 3. The summed E-state index contributed by atoms with van der Waals surface area (Å²) in [5.41, 5.74) is 1.66. The molecular formula is C18H25N3OS. The van der Waals surface area contributed by atoms with E-state index in [9.17, 15) is 0 Å². The Morgan fingerprint density at radius 2 is 2.17 bits per heavy atom. The van der Waals surface area contributed by atoms with Crippen LogP contribution in [0, 0.1) is 5.41 Å². The third-order valence-electron chi connectivity index (χ3n) is 5.78. The van der Waals surface area contributed by atoms with Crippen molar-refractivity contribution in [1.82, 2.24) is 9.97 Å². The number of aromatic nitrogens is 2. The third-order valence-corrected chi connectivity index (χ3v) is 6.98. The van der Waals surface area contributed by atoms with E-state index in [2.05, 4.69) is 42.7 Å². The van der Waals surface area contributed by atoms with Gasteiger partial charge in [-0.2, -0.15) is 0 Å². The number of hydrogen-bond acceptors (Lipinski definition) is 5. The van der Waals surface area contributed by atoms with Gasteiger partial charge in [-0.05, 0) is 38.2 Å². The van der Waals surface area contributed by atoms with E-state index in [-0.39, 0.29) is 5.41 Å². The standard InChI is InChI=1S/C18H25N3OS/c1-5-22-14-9-13(18(14,2)3)21(4)16-15-11-7-6-8-12(11)23-17(15)20-10-19-16/h10,13-14H,5-9H2,1-4H3/t13-,14-/m1/s1. The van der Waals surface area contributed by atoms with Crippen LogP contribution in [-0.2, 0) is 17.6 Å². The Balaban J connectivity index is 1.70. The summed E-state index contributed by atoms with van der Waals surface area (Å²) >= 11 is 1.86. The fraction of sp³-hybridized carbons (Fsp3) is 0.667. The quantitative estimate of drug-likeness (QED) is 0.854. The first-order chi connectivity index (χ1) is 11.0. The number of rotatable bonds is 4. The lowest BCUT2D eigenvalue weighted by Crippen LogP contribution is -2.61. The highest BCUT2D eigenvalue weighted by Gasteiger charge is 2.51. The molecule has 2 aliphatic carbocycles. The molecule has 23 heavy (non-hydrogen) atoms. The van der Waals surface area contributed by atoms with Crippen LogP contribution in [0.1, 0.15) is 44.1 Å². The molecule has 2 aromatic rings. The Kier molecular flexibility index (Phi) is 3.61. The topological polar surface area (TPSA) is 38.2 Å². The van der Waals surface area contributed by atoms with Crippen LogP contribution in [0.4, 0.5) is 5.82 Å². The van der Waals surface area contributed by atoms with Gasteiger partial charge in [-0.25, -0.2) is 9.97 Å². The lowest BCUT2D eigenvalue weighted by atomic mass is 9.64. The number of ether oxygens (including phenoxy) is 1. The molecule has 124 valence electrons. The van der Waals surface area contributed by atoms with Crippen molar-refractivity contribution in [2.45, 2.75) is 58.6 Å². The monoisotopic (exact) mass is 331 g/mol. The summed E-state index contributed by atoms with van der Waals surface area (Å²) in [5, 5.41) is 1.31. The first kappa shape index (κ1) is 15.3. The highest BCUT2D eigenvalue weighted by Crippen LogP contribution is 2.48. The van der Waals surface area contributed by atoms with E-state index in [1.807, 2.05) is 11.3 Å². The second kappa shape index (κ2) is 5.42. The van der Waals surface area contributed by atoms with Crippen molar-refractivity contribution in [3.05, 3.63) is 16.8 Å². The van der Waals surface area contributed by atoms with Gasteiger partial charge in [0, 0.05) is 30.0 Å². The maximum atomic E-state index is 5.90. The van der Waals surface area contributed by atoms with Gasteiger partial charge in [-0.15, -0.1) is 11.3 Å². The fourth-order valence-corrected chi connectivity index (χ4v) is 5.56. The number of nitrogens with zero attached hydrogens (tertiary/aromatic N) is 3. The van der Waals surface area contributed by atoms with Crippen LogP contribution in [0.25, 0.3) is 10.2 Å². The molecule has 4 nitrogen and oxygen atoms in total. The van der Waals surface area contributed by atoms with Crippen LogP contribution in [0.3, 0.4) is 0 Å². The lowest BCUT2D eigenvalue weighted by Gasteiger charge is -2.55. The van der Waals surface area contributed by atoms with E-state index < -0.39 is 0 Å². The largest absolute Gasteiger partial charge is 0.378 e. The smallest absolute Gasteiger partial charge is 0.141 e. The average Bonchev–Trinajstić information content (AvgIpc) is 3.10. The average molecular weight is 331 g/mol. The molecule has 2 aromatic heterocycles. The summed E-state index contributed by atoms with van der Waals surface area (Å²) in [6.45, 7) is 7.50. The molecule has 0 bridgehead atoms. The third kappa shape index (κ3) is 2.20. The molecule has 2 aliphatic rings. The van der Waals surface area contributed by atoms with Crippen LogP contribution < -0.4 is 4.90 Å². The van der Waals surface area contributed by atoms with E-state index in [0.29, 0.717) is 12.1 Å². The molecule has 2 heterocycles. The second-order valence-corrected chi connectivity index (χ2v) is 8.45.